The maximum absolute atomic E-state index is 12.5. The minimum atomic E-state index is -0.124. The van der Waals surface area contributed by atoms with Crippen LogP contribution in [-0.2, 0) is 17.9 Å². The molecule has 0 aliphatic heterocycles. The minimum absolute atomic E-state index is 0.124. The molecular weight excluding hydrogens is 338 g/mol. The van der Waals surface area contributed by atoms with Gasteiger partial charge >= 0.3 is 0 Å². The van der Waals surface area contributed by atoms with Crippen LogP contribution in [0, 0.1) is 13.8 Å². The lowest BCUT2D eigenvalue weighted by atomic mass is 10.1. The van der Waals surface area contributed by atoms with E-state index >= 15 is 0 Å². The summed E-state index contributed by atoms with van der Waals surface area (Å²) >= 11 is 0. The fraction of sp³-hybridized carbons (Fsp3) is 0.318. The Labute approximate surface area is 159 Å². The molecule has 1 aromatic heterocycles. The molecular formula is C22H25N3O2. The third-order valence-electron chi connectivity index (χ3n) is 4.37. The molecule has 0 aliphatic rings. The van der Waals surface area contributed by atoms with Crippen molar-refractivity contribution < 1.29 is 9.53 Å². The Morgan fingerprint density at radius 3 is 2.44 bits per heavy atom. The standard InChI is InChI=1S/C22H25N3O2/c1-14(2)27-13-18-7-5-6-17(10-18)12-23-22(26)19-8-9-20-21(11-19)25-16(4)15(3)24-20/h5-11,14H,12-13H2,1-4H3,(H,23,26). The topological polar surface area (TPSA) is 64.1 Å². The average molecular weight is 363 g/mol. The van der Waals surface area contributed by atoms with Gasteiger partial charge in [0.2, 0.25) is 0 Å². The predicted octanol–water partition coefficient (Wildman–Crippen LogP) is 4.10. The van der Waals surface area contributed by atoms with Gasteiger partial charge in [-0.1, -0.05) is 24.3 Å². The first-order valence-corrected chi connectivity index (χ1v) is 9.15. The molecule has 0 atom stereocenters. The Balaban J connectivity index is 1.68. The zero-order valence-electron chi connectivity index (χ0n) is 16.2. The summed E-state index contributed by atoms with van der Waals surface area (Å²) in [4.78, 5) is 21.6. The molecule has 0 unspecified atom stereocenters. The van der Waals surface area contributed by atoms with E-state index in [-0.39, 0.29) is 12.0 Å². The number of hydrogen-bond acceptors (Lipinski definition) is 4. The van der Waals surface area contributed by atoms with E-state index in [1.165, 1.54) is 0 Å². The molecule has 140 valence electrons. The van der Waals surface area contributed by atoms with E-state index in [4.69, 9.17) is 4.74 Å². The summed E-state index contributed by atoms with van der Waals surface area (Å²) in [6, 6.07) is 13.5. The second-order valence-corrected chi connectivity index (χ2v) is 6.96. The summed E-state index contributed by atoms with van der Waals surface area (Å²) in [5.74, 6) is -0.124. The third-order valence-corrected chi connectivity index (χ3v) is 4.37. The van der Waals surface area contributed by atoms with Gasteiger partial charge in [-0.05, 0) is 57.0 Å². The molecule has 5 heteroatoms. The van der Waals surface area contributed by atoms with Crippen LogP contribution in [0.1, 0.15) is 46.7 Å². The Hall–Kier alpha value is -2.79. The predicted molar refractivity (Wildman–Crippen MR) is 107 cm³/mol. The summed E-state index contributed by atoms with van der Waals surface area (Å²) in [7, 11) is 0. The van der Waals surface area contributed by atoms with Gasteiger partial charge < -0.3 is 10.1 Å². The monoisotopic (exact) mass is 363 g/mol. The molecule has 0 saturated heterocycles. The SMILES string of the molecule is Cc1nc2ccc(C(=O)NCc3cccc(COC(C)C)c3)cc2nc1C. The number of rotatable bonds is 6. The Morgan fingerprint density at radius 1 is 1.00 bits per heavy atom. The molecule has 1 amide bonds. The van der Waals surface area contributed by atoms with Crippen molar-refractivity contribution in [3.8, 4) is 0 Å². The molecule has 0 aliphatic carbocycles. The molecule has 0 fully saturated rings. The first-order valence-electron chi connectivity index (χ1n) is 9.15. The van der Waals surface area contributed by atoms with E-state index in [0.29, 0.717) is 18.7 Å². The van der Waals surface area contributed by atoms with Crippen LogP contribution in [0.4, 0.5) is 0 Å². The van der Waals surface area contributed by atoms with Crippen LogP contribution in [0.25, 0.3) is 11.0 Å². The quantitative estimate of drug-likeness (QED) is 0.716. The number of aromatic nitrogens is 2. The number of hydrogen-bond donors (Lipinski definition) is 1. The summed E-state index contributed by atoms with van der Waals surface area (Å²) < 4.78 is 5.64. The van der Waals surface area contributed by atoms with Crippen LogP contribution in [0.3, 0.4) is 0 Å². The molecule has 5 nitrogen and oxygen atoms in total. The number of nitrogens with zero attached hydrogens (tertiary/aromatic N) is 2. The van der Waals surface area contributed by atoms with E-state index in [0.717, 1.165) is 33.5 Å². The lowest BCUT2D eigenvalue weighted by Crippen LogP contribution is -2.22. The lowest BCUT2D eigenvalue weighted by Gasteiger charge is -2.10. The maximum Gasteiger partial charge on any atom is 0.251 e. The van der Waals surface area contributed by atoms with Gasteiger partial charge in [-0.2, -0.15) is 0 Å². The Kier molecular flexibility index (Phi) is 5.81. The van der Waals surface area contributed by atoms with Crippen LogP contribution in [0.2, 0.25) is 0 Å². The van der Waals surface area contributed by atoms with Crippen molar-refractivity contribution >= 4 is 16.9 Å². The fourth-order valence-corrected chi connectivity index (χ4v) is 2.75. The highest BCUT2D eigenvalue weighted by Gasteiger charge is 2.09. The molecule has 1 heterocycles. The largest absolute Gasteiger partial charge is 0.374 e. The smallest absolute Gasteiger partial charge is 0.251 e. The van der Waals surface area contributed by atoms with E-state index < -0.39 is 0 Å². The van der Waals surface area contributed by atoms with Gasteiger partial charge in [0.25, 0.3) is 5.91 Å². The van der Waals surface area contributed by atoms with Crippen molar-refractivity contribution in [3.05, 3.63) is 70.5 Å². The normalized spacial score (nSPS) is 11.1. The van der Waals surface area contributed by atoms with Crippen LogP contribution >= 0.6 is 0 Å². The number of nitrogens with one attached hydrogen (secondary N) is 1. The molecule has 3 rings (SSSR count). The van der Waals surface area contributed by atoms with Gasteiger partial charge in [0.05, 0.1) is 35.1 Å². The highest BCUT2D eigenvalue weighted by atomic mass is 16.5. The first kappa shape index (κ1) is 19.0. The number of aryl methyl sites for hydroxylation is 2. The van der Waals surface area contributed by atoms with Gasteiger partial charge in [0.15, 0.2) is 0 Å². The van der Waals surface area contributed by atoms with E-state index in [9.17, 15) is 4.79 Å². The van der Waals surface area contributed by atoms with Crippen molar-refractivity contribution in [1.82, 2.24) is 15.3 Å². The molecule has 27 heavy (non-hydrogen) atoms. The van der Waals surface area contributed by atoms with Gasteiger partial charge in [-0.3, -0.25) is 4.79 Å². The zero-order valence-corrected chi connectivity index (χ0v) is 16.2. The molecule has 1 N–H and O–H groups in total. The molecule has 2 aromatic carbocycles. The van der Waals surface area contributed by atoms with Crippen molar-refractivity contribution in [3.63, 3.8) is 0 Å². The van der Waals surface area contributed by atoms with Crippen molar-refractivity contribution in [1.29, 1.82) is 0 Å². The summed E-state index contributed by atoms with van der Waals surface area (Å²) in [5.41, 5.74) is 6.04. The molecule has 0 saturated carbocycles. The van der Waals surface area contributed by atoms with Gasteiger partial charge in [-0.15, -0.1) is 0 Å². The van der Waals surface area contributed by atoms with E-state index in [1.807, 2.05) is 52.0 Å². The number of amides is 1. The van der Waals surface area contributed by atoms with Crippen molar-refractivity contribution in [2.24, 2.45) is 0 Å². The van der Waals surface area contributed by atoms with Crippen molar-refractivity contribution in [2.75, 3.05) is 0 Å². The van der Waals surface area contributed by atoms with E-state index in [2.05, 4.69) is 21.4 Å². The Bertz CT molecular complexity index is 967. The zero-order chi connectivity index (χ0) is 19.4. The summed E-state index contributed by atoms with van der Waals surface area (Å²) in [5, 5.41) is 2.97. The number of carbonyl (C=O) groups excluding carboxylic acids is 1. The minimum Gasteiger partial charge on any atom is -0.374 e. The summed E-state index contributed by atoms with van der Waals surface area (Å²) in [6.07, 6.45) is 0.191. The fourth-order valence-electron chi connectivity index (χ4n) is 2.75. The highest BCUT2D eigenvalue weighted by molar-refractivity contribution is 5.97. The van der Waals surface area contributed by atoms with Gasteiger partial charge in [-0.25, -0.2) is 9.97 Å². The summed E-state index contributed by atoms with van der Waals surface area (Å²) in [6.45, 7) is 8.92. The highest BCUT2D eigenvalue weighted by Crippen LogP contribution is 2.15. The van der Waals surface area contributed by atoms with Crippen LogP contribution in [0.15, 0.2) is 42.5 Å². The maximum atomic E-state index is 12.5. The number of ether oxygens (including phenoxy) is 1. The molecule has 0 radical (unpaired) electrons. The average Bonchev–Trinajstić information content (AvgIpc) is 2.65. The van der Waals surface area contributed by atoms with Crippen LogP contribution in [-0.4, -0.2) is 22.0 Å². The van der Waals surface area contributed by atoms with Gasteiger partial charge in [0, 0.05) is 12.1 Å². The molecule has 0 bridgehead atoms. The molecule has 0 spiro atoms. The Morgan fingerprint density at radius 2 is 1.70 bits per heavy atom. The van der Waals surface area contributed by atoms with Crippen LogP contribution in [0.5, 0.6) is 0 Å². The third kappa shape index (κ3) is 4.89. The second kappa shape index (κ2) is 8.27. The first-order chi connectivity index (χ1) is 12.9. The number of carbonyl (C=O) groups is 1. The number of benzene rings is 2. The second-order valence-electron chi connectivity index (χ2n) is 6.96. The van der Waals surface area contributed by atoms with Gasteiger partial charge in [0.1, 0.15) is 0 Å². The van der Waals surface area contributed by atoms with E-state index in [1.54, 1.807) is 12.1 Å². The lowest BCUT2D eigenvalue weighted by molar-refractivity contribution is 0.0657. The van der Waals surface area contributed by atoms with Crippen LogP contribution < -0.4 is 5.32 Å². The molecule has 3 aromatic rings. The number of fused-ring (bicyclic) bond motifs is 1. The van der Waals surface area contributed by atoms with Crippen molar-refractivity contribution in [2.45, 2.75) is 47.0 Å².